The molecule has 0 saturated heterocycles. The molecule has 0 N–H and O–H groups in total. The molecule has 0 atom stereocenters. The van der Waals surface area contributed by atoms with Gasteiger partial charge in [0.25, 0.3) is 0 Å². The van der Waals surface area contributed by atoms with Crippen molar-refractivity contribution in [3.8, 4) is 0 Å². The summed E-state index contributed by atoms with van der Waals surface area (Å²) in [7, 11) is 0. The maximum atomic E-state index is 11.5. The minimum Gasteiger partial charge on any atom is -0.463 e. The van der Waals surface area contributed by atoms with Crippen molar-refractivity contribution in [3.05, 3.63) is 59.7 Å². The monoisotopic (exact) mass is 270 g/mol. The van der Waals surface area contributed by atoms with Crippen LogP contribution >= 0.6 is 0 Å². The van der Waals surface area contributed by atoms with Crippen LogP contribution in [0.4, 0.5) is 0 Å². The number of hydrogen-bond acceptors (Lipinski definition) is 3. The Bertz CT molecular complexity index is 583. The first kappa shape index (κ1) is 14.1. The first-order chi connectivity index (χ1) is 9.69. The summed E-state index contributed by atoms with van der Waals surface area (Å²) >= 11 is 0. The molecule has 4 heteroatoms. The summed E-state index contributed by atoms with van der Waals surface area (Å²) in [5.41, 5.74) is 2.79. The van der Waals surface area contributed by atoms with Crippen LogP contribution in [0.1, 0.15) is 25.0 Å². The lowest BCUT2D eigenvalue weighted by molar-refractivity contribution is -0.138. The number of ether oxygens (including phenoxy) is 1. The molecule has 0 saturated carbocycles. The number of nitrogens with zero attached hydrogens (tertiary/aromatic N) is 2. The number of hydrogen-bond donors (Lipinski definition) is 0. The highest BCUT2D eigenvalue weighted by molar-refractivity contribution is 5.92. The van der Waals surface area contributed by atoms with E-state index in [0.29, 0.717) is 12.2 Å². The third-order valence-corrected chi connectivity index (χ3v) is 2.88. The smallest absolute Gasteiger partial charge is 0.333 e. The number of aromatic nitrogens is 2. The molecule has 0 fully saturated rings. The van der Waals surface area contributed by atoms with Crippen LogP contribution in [0.5, 0.6) is 0 Å². The number of rotatable bonds is 5. The van der Waals surface area contributed by atoms with Crippen LogP contribution in [0, 0.1) is 0 Å². The minimum atomic E-state index is -0.269. The first-order valence-electron chi connectivity index (χ1n) is 6.59. The molecule has 104 valence electrons. The molecule has 2 aromatic rings. The standard InChI is InChI=1S/C16H18N2O2/c1-3-20-16(19)13(2)10-14-4-6-15(7-5-14)11-18-9-8-17-12-18/h4-10,12H,3,11H2,1-2H3/b13-10+. The van der Waals surface area contributed by atoms with Crippen molar-refractivity contribution in [1.82, 2.24) is 9.55 Å². The summed E-state index contributed by atoms with van der Waals surface area (Å²) in [4.78, 5) is 15.5. The van der Waals surface area contributed by atoms with E-state index in [2.05, 4.69) is 4.98 Å². The molecule has 0 unspecified atom stereocenters. The van der Waals surface area contributed by atoms with E-state index in [1.54, 1.807) is 26.4 Å². The molecule has 0 aliphatic carbocycles. The van der Waals surface area contributed by atoms with Gasteiger partial charge < -0.3 is 9.30 Å². The van der Waals surface area contributed by atoms with Crippen molar-refractivity contribution in [2.75, 3.05) is 6.61 Å². The Morgan fingerprint density at radius 2 is 2.10 bits per heavy atom. The molecular weight excluding hydrogens is 252 g/mol. The van der Waals surface area contributed by atoms with E-state index in [4.69, 9.17) is 4.74 Å². The summed E-state index contributed by atoms with van der Waals surface area (Å²) in [5, 5.41) is 0. The lowest BCUT2D eigenvalue weighted by Crippen LogP contribution is -2.04. The molecule has 1 heterocycles. The van der Waals surface area contributed by atoms with Gasteiger partial charge in [0.15, 0.2) is 0 Å². The molecule has 1 aromatic carbocycles. The number of carbonyl (C=O) groups excluding carboxylic acids is 1. The van der Waals surface area contributed by atoms with Crippen molar-refractivity contribution in [1.29, 1.82) is 0 Å². The van der Waals surface area contributed by atoms with Crippen LogP contribution in [0.3, 0.4) is 0 Å². The largest absolute Gasteiger partial charge is 0.463 e. The lowest BCUT2D eigenvalue weighted by atomic mass is 10.1. The van der Waals surface area contributed by atoms with E-state index < -0.39 is 0 Å². The van der Waals surface area contributed by atoms with Gasteiger partial charge in [-0.25, -0.2) is 9.78 Å². The van der Waals surface area contributed by atoms with Gasteiger partial charge in [-0.1, -0.05) is 24.3 Å². The highest BCUT2D eigenvalue weighted by Crippen LogP contribution is 2.11. The molecular formula is C16H18N2O2. The third kappa shape index (κ3) is 3.82. The maximum Gasteiger partial charge on any atom is 0.333 e. The van der Waals surface area contributed by atoms with Gasteiger partial charge in [0.2, 0.25) is 0 Å². The zero-order valence-electron chi connectivity index (χ0n) is 11.7. The molecule has 4 nitrogen and oxygen atoms in total. The predicted molar refractivity (Wildman–Crippen MR) is 78.1 cm³/mol. The topological polar surface area (TPSA) is 44.1 Å². The summed E-state index contributed by atoms with van der Waals surface area (Å²) in [6.07, 6.45) is 7.32. The average Bonchev–Trinajstić information content (AvgIpc) is 2.94. The zero-order chi connectivity index (χ0) is 14.4. The van der Waals surface area contributed by atoms with Gasteiger partial charge in [-0.3, -0.25) is 0 Å². The highest BCUT2D eigenvalue weighted by atomic mass is 16.5. The molecule has 0 bridgehead atoms. The maximum absolute atomic E-state index is 11.5. The van der Waals surface area contributed by atoms with Crippen LogP contribution in [-0.2, 0) is 16.1 Å². The molecule has 1 aromatic heterocycles. The minimum absolute atomic E-state index is 0.269. The van der Waals surface area contributed by atoms with Crippen LogP contribution in [0.25, 0.3) is 6.08 Å². The van der Waals surface area contributed by atoms with Crippen molar-refractivity contribution in [3.63, 3.8) is 0 Å². The molecule has 0 aliphatic heterocycles. The summed E-state index contributed by atoms with van der Waals surface area (Å²) in [6, 6.07) is 8.08. The Morgan fingerprint density at radius 3 is 2.70 bits per heavy atom. The normalized spacial score (nSPS) is 11.4. The van der Waals surface area contributed by atoms with E-state index in [1.807, 2.05) is 41.1 Å². The lowest BCUT2D eigenvalue weighted by Gasteiger charge is -2.04. The van der Waals surface area contributed by atoms with Crippen molar-refractivity contribution in [2.45, 2.75) is 20.4 Å². The Labute approximate surface area is 118 Å². The fourth-order valence-corrected chi connectivity index (χ4v) is 1.86. The predicted octanol–water partition coefficient (Wildman–Crippen LogP) is 2.90. The number of esters is 1. The van der Waals surface area contributed by atoms with Crippen LogP contribution < -0.4 is 0 Å². The summed E-state index contributed by atoms with van der Waals surface area (Å²) in [5.74, 6) is -0.269. The van der Waals surface area contributed by atoms with Crippen molar-refractivity contribution in [2.24, 2.45) is 0 Å². The second-order valence-corrected chi connectivity index (χ2v) is 4.52. The number of benzene rings is 1. The zero-order valence-corrected chi connectivity index (χ0v) is 11.7. The van der Waals surface area contributed by atoms with Gasteiger partial charge in [0.05, 0.1) is 12.9 Å². The van der Waals surface area contributed by atoms with E-state index in [-0.39, 0.29) is 5.97 Å². The molecule has 0 spiro atoms. The van der Waals surface area contributed by atoms with Crippen molar-refractivity contribution >= 4 is 12.0 Å². The Hall–Kier alpha value is -2.36. The van der Waals surface area contributed by atoms with E-state index in [0.717, 1.165) is 12.1 Å². The fourth-order valence-electron chi connectivity index (χ4n) is 1.86. The van der Waals surface area contributed by atoms with Gasteiger partial charge in [0, 0.05) is 24.5 Å². The van der Waals surface area contributed by atoms with Crippen LogP contribution in [0.2, 0.25) is 0 Å². The van der Waals surface area contributed by atoms with E-state index in [9.17, 15) is 4.79 Å². The number of carbonyl (C=O) groups is 1. The third-order valence-electron chi connectivity index (χ3n) is 2.88. The molecule has 0 aliphatic rings. The van der Waals surface area contributed by atoms with Crippen LogP contribution in [0.15, 0.2) is 48.6 Å². The van der Waals surface area contributed by atoms with E-state index >= 15 is 0 Å². The number of imidazole rings is 1. The second-order valence-electron chi connectivity index (χ2n) is 4.52. The van der Waals surface area contributed by atoms with Gasteiger partial charge in [-0.05, 0) is 31.1 Å². The van der Waals surface area contributed by atoms with Crippen LogP contribution in [-0.4, -0.2) is 22.1 Å². The second kappa shape index (κ2) is 6.70. The molecule has 0 amide bonds. The SMILES string of the molecule is CCOC(=O)/C(C)=C/c1ccc(Cn2ccnc2)cc1. The Balaban J connectivity index is 2.04. The molecule has 2 rings (SSSR count). The summed E-state index contributed by atoms with van der Waals surface area (Å²) in [6.45, 7) is 4.75. The fraction of sp³-hybridized carbons (Fsp3) is 0.250. The van der Waals surface area contributed by atoms with Gasteiger partial charge in [-0.15, -0.1) is 0 Å². The Kier molecular flexibility index (Phi) is 4.71. The quantitative estimate of drug-likeness (QED) is 0.620. The molecule has 0 radical (unpaired) electrons. The highest BCUT2D eigenvalue weighted by Gasteiger charge is 2.04. The Morgan fingerprint density at radius 1 is 1.35 bits per heavy atom. The summed E-state index contributed by atoms with van der Waals surface area (Å²) < 4.78 is 6.96. The van der Waals surface area contributed by atoms with Gasteiger partial charge in [-0.2, -0.15) is 0 Å². The molecule has 20 heavy (non-hydrogen) atoms. The van der Waals surface area contributed by atoms with Crippen molar-refractivity contribution < 1.29 is 9.53 Å². The first-order valence-corrected chi connectivity index (χ1v) is 6.59. The van der Waals surface area contributed by atoms with Gasteiger partial charge in [0.1, 0.15) is 0 Å². The average molecular weight is 270 g/mol. The van der Waals surface area contributed by atoms with E-state index in [1.165, 1.54) is 5.56 Å². The van der Waals surface area contributed by atoms with Gasteiger partial charge >= 0.3 is 5.97 Å².